The van der Waals surface area contributed by atoms with E-state index in [0.29, 0.717) is 31.1 Å². The van der Waals surface area contributed by atoms with E-state index in [1.54, 1.807) is 6.08 Å². The molecular formula is C25H26F3N3O3. The first-order valence-corrected chi connectivity index (χ1v) is 11.4. The average Bonchev–Trinajstić information content (AvgIpc) is 3.30. The van der Waals surface area contributed by atoms with Crippen molar-refractivity contribution in [3.05, 3.63) is 70.6 Å². The number of carbonyl (C=O) groups excluding carboxylic acids is 1. The van der Waals surface area contributed by atoms with E-state index in [0.717, 1.165) is 42.8 Å². The van der Waals surface area contributed by atoms with Crippen molar-refractivity contribution < 1.29 is 27.4 Å². The molecular weight excluding hydrogens is 447 g/mol. The minimum absolute atomic E-state index is 0.0475. The summed E-state index contributed by atoms with van der Waals surface area (Å²) in [5, 5.41) is 0. The van der Waals surface area contributed by atoms with Gasteiger partial charge in [0.1, 0.15) is 5.82 Å². The van der Waals surface area contributed by atoms with Gasteiger partial charge >= 0.3 is 0 Å². The van der Waals surface area contributed by atoms with E-state index in [1.165, 1.54) is 0 Å². The first-order chi connectivity index (χ1) is 16.4. The van der Waals surface area contributed by atoms with E-state index in [-0.39, 0.29) is 24.7 Å². The zero-order chi connectivity index (χ0) is 23.8. The summed E-state index contributed by atoms with van der Waals surface area (Å²) in [6, 6.07) is 6.78. The van der Waals surface area contributed by atoms with E-state index in [2.05, 4.69) is 4.90 Å². The fourth-order valence-corrected chi connectivity index (χ4v) is 4.89. The van der Waals surface area contributed by atoms with E-state index >= 15 is 0 Å². The minimum Gasteiger partial charge on any atom is -0.454 e. The van der Waals surface area contributed by atoms with Crippen LogP contribution in [0.5, 0.6) is 11.5 Å². The zero-order valence-electron chi connectivity index (χ0n) is 18.6. The molecule has 2 aliphatic heterocycles. The summed E-state index contributed by atoms with van der Waals surface area (Å²) in [6.07, 6.45) is 2.32. The topological polar surface area (TPSA) is 68.0 Å². The normalized spacial score (nSPS) is 22.6. The van der Waals surface area contributed by atoms with Gasteiger partial charge in [-0.2, -0.15) is 0 Å². The van der Waals surface area contributed by atoms with Crippen molar-refractivity contribution in [2.45, 2.75) is 31.3 Å². The highest BCUT2D eigenvalue weighted by Crippen LogP contribution is 2.35. The van der Waals surface area contributed by atoms with Crippen molar-refractivity contribution in [2.24, 2.45) is 5.73 Å². The van der Waals surface area contributed by atoms with Crippen molar-refractivity contribution in [2.75, 3.05) is 33.0 Å². The van der Waals surface area contributed by atoms with Gasteiger partial charge in [0.05, 0.1) is 0 Å². The van der Waals surface area contributed by atoms with Gasteiger partial charge in [0, 0.05) is 56.3 Å². The van der Waals surface area contributed by atoms with Crippen LogP contribution in [-0.4, -0.2) is 54.7 Å². The number of piperazine rings is 1. The lowest BCUT2D eigenvalue weighted by Crippen LogP contribution is -2.49. The maximum atomic E-state index is 14.2. The molecule has 2 aromatic rings. The van der Waals surface area contributed by atoms with Crippen LogP contribution >= 0.6 is 0 Å². The number of allylic oxidation sites excluding steroid dienone is 1. The van der Waals surface area contributed by atoms with Crippen molar-refractivity contribution in [3.8, 4) is 11.5 Å². The number of rotatable bonds is 4. The van der Waals surface area contributed by atoms with Crippen molar-refractivity contribution in [1.29, 1.82) is 0 Å². The molecule has 0 saturated carbocycles. The third kappa shape index (κ3) is 4.50. The molecule has 3 aliphatic rings. The van der Waals surface area contributed by atoms with Crippen LogP contribution in [0.3, 0.4) is 0 Å². The van der Waals surface area contributed by atoms with Gasteiger partial charge in [-0.1, -0.05) is 12.1 Å². The van der Waals surface area contributed by atoms with Crippen LogP contribution in [-0.2, 0) is 11.3 Å². The number of amides is 1. The van der Waals surface area contributed by atoms with Gasteiger partial charge < -0.3 is 20.1 Å². The van der Waals surface area contributed by atoms with E-state index < -0.39 is 29.4 Å². The Morgan fingerprint density at radius 3 is 2.47 bits per heavy atom. The smallest absolute Gasteiger partial charge is 0.249 e. The van der Waals surface area contributed by atoms with Crippen molar-refractivity contribution in [3.63, 3.8) is 0 Å². The number of nitrogens with two attached hydrogens (primary N) is 1. The zero-order valence-corrected chi connectivity index (χ0v) is 18.6. The summed E-state index contributed by atoms with van der Waals surface area (Å²) in [5.74, 6) is -2.21. The van der Waals surface area contributed by atoms with E-state index in [9.17, 15) is 18.0 Å². The molecule has 0 spiro atoms. The predicted molar refractivity (Wildman–Crippen MR) is 119 cm³/mol. The molecule has 1 fully saturated rings. The number of carbonyl (C=O) groups is 1. The molecule has 9 heteroatoms. The van der Waals surface area contributed by atoms with Gasteiger partial charge in [0.25, 0.3) is 0 Å². The summed E-state index contributed by atoms with van der Waals surface area (Å²) < 4.78 is 51.9. The fourth-order valence-electron chi connectivity index (χ4n) is 4.89. The van der Waals surface area contributed by atoms with Crippen LogP contribution in [0.25, 0.3) is 0 Å². The maximum absolute atomic E-state index is 14.2. The largest absolute Gasteiger partial charge is 0.454 e. The molecule has 5 rings (SSSR count). The molecule has 2 heterocycles. The van der Waals surface area contributed by atoms with Crippen LogP contribution < -0.4 is 15.2 Å². The van der Waals surface area contributed by atoms with Crippen LogP contribution in [0.15, 0.2) is 42.0 Å². The Morgan fingerprint density at radius 2 is 1.71 bits per heavy atom. The fraction of sp³-hybridized carbons (Fsp3) is 0.400. The van der Waals surface area contributed by atoms with Crippen LogP contribution in [0, 0.1) is 17.5 Å². The Hall–Kier alpha value is -3.04. The highest BCUT2D eigenvalue weighted by atomic mass is 19.2. The predicted octanol–water partition coefficient (Wildman–Crippen LogP) is 3.31. The lowest BCUT2D eigenvalue weighted by Gasteiger charge is -2.36. The lowest BCUT2D eigenvalue weighted by atomic mass is 9.80. The van der Waals surface area contributed by atoms with Gasteiger partial charge in [-0.3, -0.25) is 9.69 Å². The Morgan fingerprint density at radius 1 is 0.971 bits per heavy atom. The second-order valence-electron chi connectivity index (χ2n) is 8.98. The van der Waals surface area contributed by atoms with Crippen LogP contribution in [0.1, 0.15) is 29.9 Å². The van der Waals surface area contributed by atoms with Crippen LogP contribution in [0.4, 0.5) is 13.2 Å². The Labute approximate surface area is 195 Å². The second-order valence-corrected chi connectivity index (χ2v) is 8.98. The minimum atomic E-state index is -1.23. The molecule has 0 aromatic heterocycles. The van der Waals surface area contributed by atoms with Gasteiger partial charge in [0.2, 0.25) is 12.7 Å². The standard InChI is InChI=1S/C25H26F3N3O3/c26-19-12-21(28)20(27)11-18(19)17-3-2-16(10-22(17)29)25(32)31-7-5-30(6-8-31)13-15-1-4-23-24(9-15)34-14-33-23/h1-2,4,9,11-12,17,22H,3,5-8,10,13-14,29H2. The molecule has 1 aliphatic carbocycles. The number of fused-ring (bicyclic) bond motifs is 1. The van der Waals surface area contributed by atoms with E-state index in [4.69, 9.17) is 15.2 Å². The second kappa shape index (κ2) is 9.31. The number of halogens is 3. The number of hydrogen-bond donors (Lipinski definition) is 1. The Kier molecular flexibility index (Phi) is 6.22. The van der Waals surface area contributed by atoms with E-state index in [1.807, 2.05) is 23.1 Å². The van der Waals surface area contributed by atoms with Crippen LogP contribution in [0.2, 0.25) is 0 Å². The monoisotopic (exact) mass is 473 g/mol. The summed E-state index contributed by atoms with van der Waals surface area (Å²) in [7, 11) is 0. The number of nitrogens with zero attached hydrogens (tertiary/aromatic N) is 2. The molecule has 0 radical (unpaired) electrons. The lowest BCUT2D eigenvalue weighted by molar-refractivity contribution is -0.129. The van der Waals surface area contributed by atoms with Gasteiger partial charge in [-0.05, 0) is 42.2 Å². The molecule has 2 atom stereocenters. The third-order valence-electron chi connectivity index (χ3n) is 6.81. The highest BCUT2D eigenvalue weighted by molar-refractivity contribution is 5.93. The quantitative estimate of drug-likeness (QED) is 0.691. The molecule has 0 bridgehead atoms. The highest BCUT2D eigenvalue weighted by Gasteiger charge is 2.32. The summed E-state index contributed by atoms with van der Waals surface area (Å²) in [5.41, 5.74) is 8.02. The summed E-state index contributed by atoms with van der Waals surface area (Å²) in [4.78, 5) is 17.2. The maximum Gasteiger partial charge on any atom is 0.249 e. The first kappa shape index (κ1) is 22.7. The summed E-state index contributed by atoms with van der Waals surface area (Å²) in [6.45, 7) is 3.67. The molecule has 2 aromatic carbocycles. The SMILES string of the molecule is NC1CC(C(=O)N2CCN(Cc3ccc4c(c3)OCO4)CC2)=CCC1c1cc(F)c(F)cc1F. The summed E-state index contributed by atoms with van der Waals surface area (Å²) >= 11 is 0. The molecule has 180 valence electrons. The Bertz CT molecular complexity index is 1130. The van der Waals surface area contributed by atoms with Crippen molar-refractivity contribution >= 4 is 5.91 Å². The average molecular weight is 473 g/mol. The van der Waals surface area contributed by atoms with Gasteiger partial charge in [0.15, 0.2) is 23.1 Å². The molecule has 2 N–H and O–H groups in total. The molecule has 34 heavy (non-hydrogen) atoms. The molecule has 1 amide bonds. The molecule has 1 saturated heterocycles. The number of benzene rings is 2. The first-order valence-electron chi connectivity index (χ1n) is 11.4. The molecule has 2 unspecified atom stereocenters. The van der Waals surface area contributed by atoms with Crippen molar-refractivity contribution in [1.82, 2.24) is 9.80 Å². The third-order valence-corrected chi connectivity index (χ3v) is 6.81. The van der Waals surface area contributed by atoms with Gasteiger partial charge in [-0.25, -0.2) is 13.2 Å². The Balaban J connectivity index is 1.18. The van der Waals surface area contributed by atoms with Gasteiger partial charge in [-0.15, -0.1) is 0 Å². The number of hydrogen-bond acceptors (Lipinski definition) is 5. The molecule has 6 nitrogen and oxygen atoms in total. The number of ether oxygens (including phenoxy) is 2.